The number of carbonyl (C=O) groups is 1. The summed E-state index contributed by atoms with van der Waals surface area (Å²) >= 11 is 0. The van der Waals surface area contributed by atoms with E-state index in [2.05, 4.69) is 15.6 Å². The third kappa shape index (κ3) is 3.31. The fourth-order valence-electron chi connectivity index (χ4n) is 1.47. The minimum absolute atomic E-state index is 0.274. The van der Waals surface area contributed by atoms with Gasteiger partial charge >= 0.3 is 6.03 Å². The summed E-state index contributed by atoms with van der Waals surface area (Å²) in [6, 6.07) is 11.0. The van der Waals surface area contributed by atoms with Crippen molar-refractivity contribution in [3.05, 3.63) is 53.9 Å². The molecule has 0 spiro atoms. The molecule has 4 heteroatoms. The van der Waals surface area contributed by atoms with Crippen LogP contribution in [0.25, 0.3) is 0 Å². The monoisotopic (exact) mass is 241 g/mol. The van der Waals surface area contributed by atoms with Crippen LogP contribution in [0.5, 0.6) is 0 Å². The van der Waals surface area contributed by atoms with E-state index in [0.717, 1.165) is 16.9 Å². The lowest BCUT2D eigenvalue weighted by molar-refractivity contribution is 0.262. The van der Waals surface area contributed by atoms with Crippen LogP contribution < -0.4 is 10.6 Å². The molecule has 18 heavy (non-hydrogen) atoms. The summed E-state index contributed by atoms with van der Waals surface area (Å²) < 4.78 is 0. The molecule has 2 aromatic rings. The van der Waals surface area contributed by atoms with E-state index in [-0.39, 0.29) is 6.03 Å². The minimum atomic E-state index is -0.274. The van der Waals surface area contributed by atoms with Crippen molar-refractivity contribution in [3.63, 3.8) is 0 Å². The van der Waals surface area contributed by atoms with Crippen molar-refractivity contribution in [2.75, 3.05) is 10.6 Å². The summed E-state index contributed by atoms with van der Waals surface area (Å²) in [6.45, 7) is 3.90. The van der Waals surface area contributed by atoms with Gasteiger partial charge in [0.05, 0.1) is 11.9 Å². The Labute approximate surface area is 106 Å². The van der Waals surface area contributed by atoms with E-state index in [9.17, 15) is 4.79 Å². The van der Waals surface area contributed by atoms with E-state index in [4.69, 9.17) is 0 Å². The average Bonchev–Trinajstić information content (AvgIpc) is 2.35. The molecule has 2 rings (SSSR count). The maximum atomic E-state index is 11.7. The molecule has 0 aliphatic rings. The van der Waals surface area contributed by atoms with Gasteiger partial charge < -0.3 is 10.6 Å². The Balaban J connectivity index is 1.96. The molecule has 0 aliphatic heterocycles. The third-order valence-corrected chi connectivity index (χ3v) is 2.48. The minimum Gasteiger partial charge on any atom is -0.308 e. The molecule has 0 atom stereocenters. The zero-order chi connectivity index (χ0) is 13.0. The molecular weight excluding hydrogens is 226 g/mol. The Hall–Kier alpha value is -2.36. The second-order valence-electron chi connectivity index (χ2n) is 4.13. The van der Waals surface area contributed by atoms with Crippen molar-refractivity contribution in [1.82, 2.24) is 4.98 Å². The quantitative estimate of drug-likeness (QED) is 0.847. The first-order valence-electron chi connectivity index (χ1n) is 5.71. The number of urea groups is 1. The van der Waals surface area contributed by atoms with E-state index in [1.54, 1.807) is 6.20 Å². The summed E-state index contributed by atoms with van der Waals surface area (Å²) in [6.07, 6.45) is 1.63. The van der Waals surface area contributed by atoms with E-state index >= 15 is 0 Å². The molecular formula is C14H15N3O. The second-order valence-corrected chi connectivity index (χ2v) is 4.13. The molecule has 0 aliphatic carbocycles. The topological polar surface area (TPSA) is 54.0 Å². The lowest BCUT2D eigenvalue weighted by Gasteiger charge is -2.07. The standard InChI is InChI=1S/C14H15N3O/c1-10-3-6-12(7-4-10)16-14(18)17-13-8-5-11(2)15-9-13/h3-9H,1-2H3,(H2,16,17,18). The molecule has 1 aromatic carbocycles. The maximum absolute atomic E-state index is 11.7. The van der Waals surface area contributed by atoms with Crippen molar-refractivity contribution >= 4 is 17.4 Å². The van der Waals surface area contributed by atoms with Gasteiger partial charge in [-0.1, -0.05) is 17.7 Å². The van der Waals surface area contributed by atoms with Gasteiger partial charge in [0.15, 0.2) is 0 Å². The molecule has 0 fully saturated rings. The predicted molar refractivity (Wildman–Crippen MR) is 72.8 cm³/mol. The maximum Gasteiger partial charge on any atom is 0.323 e. The lowest BCUT2D eigenvalue weighted by Crippen LogP contribution is -2.19. The molecule has 2 N–H and O–H groups in total. The van der Waals surface area contributed by atoms with Gasteiger partial charge in [-0.25, -0.2) is 4.79 Å². The first kappa shape index (κ1) is 12.1. The SMILES string of the molecule is Cc1ccc(NC(=O)Nc2ccc(C)nc2)cc1. The average molecular weight is 241 g/mol. The highest BCUT2D eigenvalue weighted by molar-refractivity contribution is 5.99. The number of hydrogen-bond acceptors (Lipinski definition) is 2. The number of aromatic nitrogens is 1. The summed E-state index contributed by atoms with van der Waals surface area (Å²) in [7, 11) is 0. The number of aryl methyl sites for hydroxylation is 2. The van der Waals surface area contributed by atoms with Crippen LogP contribution in [-0.2, 0) is 0 Å². The summed E-state index contributed by atoms with van der Waals surface area (Å²) in [4.78, 5) is 15.8. The highest BCUT2D eigenvalue weighted by atomic mass is 16.2. The van der Waals surface area contributed by atoms with Crippen molar-refractivity contribution in [2.24, 2.45) is 0 Å². The summed E-state index contributed by atoms with van der Waals surface area (Å²) in [5.41, 5.74) is 3.51. The molecule has 0 radical (unpaired) electrons. The summed E-state index contributed by atoms with van der Waals surface area (Å²) in [5.74, 6) is 0. The first-order valence-corrected chi connectivity index (χ1v) is 5.71. The van der Waals surface area contributed by atoms with Gasteiger partial charge in [0, 0.05) is 11.4 Å². The van der Waals surface area contributed by atoms with Crippen molar-refractivity contribution < 1.29 is 4.79 Å². The molecule has 0 unspecified atom stereocenters. The highest BCUT2D eigenvalue weighted by Crippen LogP contribution is 2.10. The van der Waals surface area contributed by atoms with Gasteiger partial charge in [0.1, 0.15) is 0 Å². The van der Waals surface area contributed by atoms with Crippen LogP contribution >= 0.6 is 0 Å². The van der Waals surface area contributed by atoms with Crippen molar-refractivity contribution in [1.29, 1.82) is 0 Å². The number of carbonyl (C=O) groups excluding carboxylic acids is 1. The van der Waals surface area contributed by atoms with Gasteiger partial charge in [-0.2, -0.15) is 0 Å². The lowest BCUT2D eigenvalue weighted by atomic mass is 10.2. The Morgan fingerprint density at radius 2 is 1.56 bits per heavy atom. The Morgan fingerprint density at radius 1 is 0.944 bits per heavy atom. The van der Waals surface area contributed by atoms with Crippen LogP contribution in [0.3, 0.4) is 0 Å². The van der Waals surface area contributed by atoms with Crippen LogP contribution in [0.15, 0.2) is 42.6 Å². The number of nitrogens with one attached hydrogen (secondary N) is 2. The normalized spacial score (nSPS) is 9.89. The first-order chi connectivity index (χ1) is 8.63. The van der Waals surface area contributed by atoms with Crippen molar-refractivity contribution in [3.8, 4) is 0 Å². The number of benzene rings is 1. The van der Waals surface area contributed by atoms with E-state index in [1.165, 1.54) is 0 Å². The van der Waals surface area contributed by atoms with Crippen LogP contribution in [0.4, 0.5) is 16.2 Å². The van der Waals surface area contributed by atoms with Gasteiger partial charge in [-0.15, -0.1) is 0 Å². The zero-order valence-corrected chi connectivity index (χ0v) is 10.4. The van der Waals surface area contributed by atoms with Gasteiger partial charge in [0.2, 0.25) is 0 Å². The molecule has 1 heterocycles. The van der Waals surface area contributed by atoms with Crippen LogP contribution in [0.1, 0.15) is 11.3 Å². The summed E-state index contributed by atoms with van der Waals surface area (Å²) in [5, 5.41) is 5.47. The molecule has 4 nitrogen and oxygen atoms in total. The van der Waals surface area contributed by atoms with Gasteiger partial charge in [-0.3, -0.25) is 4.98 Å². The molecule has 0 saturated heterocycles. The Kier molecular flexibility index (Phi) is 3.57. The third-order valence-electron chi connectivity index (χ3n) is 2.48. The Morgan fingerprint density at radius 3 is 2.17 bits per heavy atom. The fraction of sp³-hybridized carbons (Fsp3) is 0.143. The van der Waals surface area contributed by atoms with E-state index in [1.807, 2.05) is 50.2 Å². The molecule has 0 saturated carbocycles. The van der Waals surface area contributed by atoms with Crippen LogP contribution in [0, 0.1) is 13.8 Å². The largest absolute Gasteiger partial charge is 0.323 e. The fourth-order valence-corrected chi connectivity index (χ4v) is 1.47. The van der Waals surface area contributed by atoms with Crippen LogP contribution in [-0.4, -0.2) is 11.0 Å². The molecule has 0 bridgehead atoms. The van der Waals surface area contributed by atoms with E-state index in [0.29, 0.717) is 5.69 Å². The smallest absolute Gasteiger partial charge is 0.308 e. The van der Waals surface area contributed by atoms with Gasteiger partial charge in [-0.05, 0) is 38.1 Å². The van der Waals surface area contributed by atoms with Crippen LogP contribution in [0.2, 0.25) is 0 Å². The number of hydrogen-bond donors (Lipinski definition) is 2. The number of pyridine rings is 1. The Bertz CT molecular complexity index is 482. The number of anilines is 2. The molecule has 2 amide bonds. The zero-order valence-electron chi connectivity index (χ0n) is 10.4. The number of amides is 2. The van der Waals surface area contributed by atoms with E-state index < -0.39 is 0 Å². The number of nitrogens with zero attached hydrogens (tertiary/aromatic N) is 1. The second kappa shape index (κ2) is 5.31. The van der Waals surface area contributed by atoms with Crippen molar-refractivity contribution in [2.45, 2.75) is 13.8 Å². The van der Waals surface area contributed by atoms with Gasteiger partial charge in [0.25, 0.3) is 0 Å². The molecule has 92 valence electrons. The highest BCUT2D eigenvalue weighted by Gasteiger charge is 2.02. The number of rotatable bonds is 2. The molecule has 1 aromatic heterocycles. The predicted octanol–water partition coefficient (Wildman–Crippen LogP) is 3.34.